The fraction of sp³-hybridized carbons (Fsp3) is 0.286. The predicted molar refractivity (Wildman–Crippen MR) is 108 cm³/mol. The molecule has 0 saturated carbocycles. The van der Waals surface area contributed by atoms with Crippen molar-refractivity contribution >= 4 is 16.9 Å². The van der Waals surface area contributed by atoms with Crippen LogP contribution in [-0.4, -0.2) is 28.7 Å². The average molecular weight is 398 g/mol. The highest BCUT2D eigenvalue weighted by Gasteiger charge is 2.14. The van der Waals surface area contributed by atoms with Crippen molar-refractivity contribution in [2.45, 2.75) is 26.8 Å². The van der Waals surface area contributed by atoms with Crippen LogP contribution < -0.4 is 21.1 Å². The molecule has 8 heteroatoms. The van der Waals surface area contributed by atoms with E-state index in [9.17, 15) is 19.5 Å². The minimum atomic E-state index is -0.736. The quantitative estimate of drug-likeness (QED) is 0.590. The van der Waals surface area contributed by atoms with Crippen molar-refractivity contribution in [1.82, 2.24) is 9.88 Å². The highest BCUT2D eigenvalue weighted by Crippen LogP contribution is 2.20. The second kappa shape index (κ2) is 8.64. The van der Waals surface area contributed by atoms with Crippen LogP contribution in [0.3, 0.4) is 0 Å². The summed E-state index contributed by atoms with van der Waals surface area (Å²) in [6.45, 7) is 4.68. The van der Waals surface area contributed by atoms with Gasteiger partial charge in [0.05, 0.1) is 12.3 Å². The summed E-state index contributed by atoms with van der Waals surface area (Å²) in [6.07, 6.45) is 2.39. The number of carbonyl (C=O) groups is 1. The molecule has 0 saturated heterocycles. The lowest BCUT2D eigenvalue weighted by molar-refractivity contribution is 0.0948. The first-order chi connectivity index (χ1) is 13.9. The molecule has 1 aromatic carbocycles. The van der Waals surface area contributed by atoms with E-state index in [1.165, 1.54) is 18.3 Å². The summed E-state index contributed by atoms with van der Waals surface area (Å²) >= 11 is 0. The Morgan fingerprint density at radius 2 is 2.03 bits per heavy atom. The Morgan fingerprint density at radius 3 is 2.79 bits per heavy atom. The van der Waals surface area contributed by atoms with Gasteiger partial charge in [-0.2, -0.15) is 0 Å². The summed E-state index contributed by atoms with van der Waals surface area (Å²) in [5.41, 5.74) is -0.545. The summed E-state index contributed by atoms with van der Waals surface area (Å²) in [5, 5.41) is 13.0. The van der Waals surface area contributed by atoms with E-state index in [0.29, 0.717) is 35.6 Å². The zero-order valence-corrected chi connectivity index (χ0v) is 16.2. The maximum absolute atomic E-state index is 12.4. The van der Waals surface area contributed by atoms with Crippen LogP contribution in [0.1, 0.15) is 29.4 Å². The Labute approximate surface area is 166 Å². The van der Waals surface area contributed by atoms with E-state index in [1.807, 2.05) is 6.92 Å². The Hall–Kier alpha value is -3.55. The van der Waals surface area contributed by atoms with Gasteiger partial charge in [-0.1, -0.05) is 6.92 Å². The van der Waals surface area contributed by atoms with Crippen LogP contribution in [0, 0.1) is 6.92 Å². The van der Waals surface area contributed by atoms with Gasteiger partial charge in [0.1, 0.15) is 16.9 Å². The van der Waals surface area contributed by atoms with Gasteiger partial charge in [0.15, 0.2) is 5.75 Å². The molecule has 0 radical (unpaired) electrons. The van der Waals surface area contributed by atoms with E-state index in [4.69, 9.17) is 9.15 Å². The number of aromatic nitrogens is 1. The van der Waals surface area contributed by atoms with Gasteiger partial charge >= 0.3 is 5.63 Å². The fourth-order valence-electron chi connectivity index (χ4n) is 2.85. The summed E-state index contributed by atoms with van der Waals surface area (Å²) in [5.74, 6) is -0.286. The Bertz CT molecular complexity index is 1160. The van der Waals surface area contributed by atoms with Crippen LogP contribution in [0.5, 0.6) is 11.5 Å². The van der Waals surface area contributed by atoms with Crippen LogP contribution in [0.2, 0.25) is 0 Å². The number of rotatable bonds is 7. The molecule has 1 amide bonds. The zero-order valence-electron chi connectivity index (χ0n) is 16.2. The number of amides is 1. The number of benzene rings is 1. The molecule has 0 atom stereocenters. The number of ether oxygens (including phenoxy) is 1. The lowest BCUT2D eigenvalue weighted by Gasteiger charge is -2.12. The highest BCUT2D eigenvalue weighted by atomic mass is 16.5. The number of aromatic hydroxyl groups is 1. The maximum Gasteiger partial charge on any atom is 0.349 e. The van der Waals surface area contributed by atoms with Crippen LogP contribution in [-0.2, 0) is 6.54 Å². The van der Waals surface area contributed by atoms with E-state index in [0.717, 1.165) is 6.42 Å². The van der Waals surface area contributed by atoms with Gasteiger partial charge in [0.2, 0.25) is 5.43 Å². The van der Waals surface area contributed by atoms with Crippen LogP contribution in [0.4, 0.5) is 0 Å². The number of hydrogen-bond acceptors (Lipinski definition) is 6. The molecule has 0 aliphatic carbocycles. The molecule has 2 heterocycles. The van der Waals surface area contributed by atoms with Gasteiger partial charge < -0.3 is 24.1 Å². The molecule has 3 aromatic rings. The molecule has 0 aliphatic rings. The van der Waals surface area contributed by atoms with E-state index in [2.05, 4.69) is 5.32 Å². The third-order valence-electron chi connectivity index (χ3n) is 4.48. The molecule has 0 spiro atoms. The van der Waals surface area contributed by atoms with Crippen LogP contribution >= 0.6 is 0 Å². The third-order valence-corrected chi connectivity index (χ3v) is 4.48. The van der Waals surface area contributed by atoms with Gasteiger partial charge in [0, 0.05) is 36.8 Å². The first-order valence-electron chi connectivity index (χ1n) is 9.28. The predicted octanol–water partition coefficient (Wildman–Crippen LogP) is 2.19. The van der Waals surface area contributed by atoms with Gasteiger partial charge in [-0.15, -0.1) is 0 Å². The summed E-state index contributed by atoms with van der Waals surface area (Å²) < 4.78 is 12.4. The largest absolute Gasteiger partial charge is 0.503 e. The molecule has 8 nitrogen and oxygen atoms in total. The van der Waals surface area contributed by atoms with Gasteiger partial charge in [-0.25, -0.2) is 4.79 Å². The minimum Gasteiger partial charge on any atom is -0.503 e. The first-order valence-corrected chi connectivity index (χ1v) is 9.28. The molecule has 3 rings (SSSR count). The normalized spacial score (nSPS) is 10.8. The molecular formula is C21H22N2O6. The molecule has 152 valence electrons. The molecule has 29 heavy (non-hydrogen) atoms. The van der Waals surface area contributed by atoms with E-state index in [-0.39, 0.29) is 17.9 Å². The van der Waals surface area contributed by atoms with E-state index in [1.54, 1.807) is 29.7 Å². The highest BCUT2D eigenvalue weighted by molar-refractivity contribution is 5.96. The van der Waals surface area contributed by atoms with Crippen molar-refractivity contribution in [3.8, 4) is 11.5 Å². The molecular weight excluding hydrogens is 376 g/mol. The van der Waals surface area contributed by atoms with E-state index >= 15 is 0 Å². The summed E-state index contributed by atoms with van der Waals surface area (Å²) in [7, 11) is 0. The Balaban J connectivity index is 1.72. The molecule has 0 fully saturated rings. The van der Waals surface area contributed by atoms with Gasteiger partial charge in [0.25, 0.3) is 5.91 Å². The Morgan fingerprint density at radius 1 is 1.24 bits per heavy atom. The monoisotopic (exact) mass is 398 g/mol. The zero-order chi connectivity index (χ0) is 21.0. The third kappa shape index (κ3) is 4.48. The second-order valence-electron chi connectivity index (χ2n) is 6.56. The molecule has 0 unspecified atom stereocenters. The number of fused-ring (bicyclic) bond motifs is 1. The van der Waals surface area contributed by atoms with Crippen molar-refractivity contribution in [2.75, 3.05) is 13.2 Å². The lowest BCUT2D eigenvalue weighted by Crippen LogP contribution is -2.31. The first kappa shape index (κ1) is 20.2. The van der Waals surface area contributed by atoms with Crippen molar-refractivity contribution in [1.29, 1.82) is 0 Å². The summed E-state index contributed by atoms with van der Waals surface area (Å²) in [4.78, 5) is 36.0. The van der Waals surface area contributed by atoms with Crippen molar-refractivity contribution in [2.24, 2.45) is 0 Å². The average Bonchev–Trinajstić information content (AvgIpc) is 2.71. The fourth-order valence-corrected chi connectivity index (χ4v) is 2.85. The van der Waals surface area contributed by atoms with Crippen molar-refractivity contribution in [3.63, 3.8) is 0 Å². The Kier molecular flexibility index (Phi) is 6.01. The maximum atomic E-state index is 12.4. The van der Waals surface area contributed by atoms with Crippen LogP contribution in [0.15, 0.2) is 50.5 Å². The minimum absolute atomic E-state index is 0.0980. The number of hydrogen-bond donors (Lipinski definition) is 2. The van der Waals surface area contributed by atoms with Crippen LogP contribution in [0.25, 0.3) is 11.0 Å². The lowest BCUT2D eigenvalue weighted by atomic mass is 10.1. The number of nitrogens with one attached hydrogen (secondary N) is 1. The molecule has 0 aliphatic heterocycles. The van der Waals surface area contributed by atoms with Crippen molar-refractivity contribution in [3.05, 3.63) is 68.4 Å². The summed E-state index contributed by atoms with van der Waals surface area (Å²) in [6, 6.07) is 7.84. The standard InChI is InChI=1S/C21H22N2O6/c1-3-10-28-15-5-4-14-11-16(21(27)29-18(14)12-15)20(26)22-7-9-23-8-6-17(24)19(25)13(23)2/h4-6,8,11-12,25H,3,7,9-10H2,1-2H3,(H,22,26). The number of pyridine rings is 1. The molecule has 2 aromatic heterocycles. The molecule has 2 N–H and O–H groups in total. The van der Waals surface area contributed by atoms with Gasteiger partial charge in [-0.3, -0.25) is 9.59 Å². The molecule has 0 bridgehead atoms. The second-order valence-corrected chi connectivity index (χ2v) is 6.56. The topological polar surface area (TPSA) is 111 Å². The number of carbonyl (C=O) groups excluding carboxylic acids is 1. The van der Waals surface area contributed by atoms with E-state index < -0.39 is 17.0 Å². The van der Waals surface area contributed by atoms with Gasteiger partial charge in [-0.05, 0) is 31.5 Å². The SMILES string of the molecule is CCCOc1ccc2cc(C(=O)NCCn3ccc(=O)c(O)c3C)c(=O)oc2c1. The number of nitrogens with zero attached hydrogens (tertiary/aromatic N) is 1. The smallest absolute Gasteiger partial charge is 0.349 e. The van der Waals surface area contributed by atoms with Crippen molar-refractivity contribution < 1.29 is 19.1 Å².